The molecule has 1 N–H and O–H groups in total. The summed E-state index contributed by atoms with van der Waals surface area (Å²) in [5.41, 5.74) is 8.52. The summed E-state index contributed by atoms with van der Waals surface area (Å²) < 4.78 is 7.60. The Labute approximate surface area is 175 Å². The van der Waals surface area contributed by atoms with Gasteiger partial charge in [-0.3, -0.25) is 5.43 Å². The van der Waals surface area contributed by atoms with E-state index in [2.05, 4.69) is 69.7 Å². The molecule has 0 saturated carbocycles. The molecule has 0 spiro atoms. The van der Waals surface area contributed by atoms with Crippen molar-refractivity contribution in [2.45, 2.75) is 0 Å². The molecule has 4 heteroatoms. The third-order valence-corrected chi connectivity index (χ3v) is 5.21. The molecule has 4 nitrogen and oxygen atoms in total. The van der Waals surface area contributed by atoms with E-state index in [1.54, 1.807) is 7.11 Å². The highest BCUT2D eigenvalue weighted by atomic mass is 16.5. The third-order valence-electron chi connectivity index (χ3n) is 5.21. The number of anilines is 1. The number of rotatable bonds is 5. The molecule has 1 heterocycles. The Morgan fingerprint density at radius 2 is 1.50 bits per heavy atom. The van der Waals surface area contributed by atoms with Gasteiger partial charge < -0.3 is 9.30 Å². The molecule has 0 fully saturated rings. The predicted octanol–water partition coefficient (Wildman–Crippen LogP) is 6.24. The first-order valence-electron chi connectivity index (χ1n) is 9.85. The molecule has 1 aromatic heterocycles. The van der Waals surface area contributed by atoms with Gasteiger partial charge in [0.05, 0.1) is 30.0 Å². The molecule has 0 aliphatic carbocycles. The van der Waals surface area contributed by atoms with E-state index >= 15 is 0 Å². The van der Waals surface area contributed by atoms with Crippen LogP contribution in [0.5, 0.6) is 5.75 Å². The van der Waals surface area contributed by atoms with Gasteiger partial charge in [-0.25, -0.2) is 0 Å². The van der Waals surface area contributed by atoms with Crippen molar-refractivity contribution in [3.63, 3.8) is 0 Å². The lowest BCUT2D eigenvalue weighted by molar-refractivity contribution is 0.415. The average molecular weight is 391 g/mol. The van der Waals surface area contributed by atoms with Crippen LogP contribution in [0.1, 0.15) is 5.56 Å². The van der Waals surface area contributed by atoms with Gasteiger partial charge in [0.1, 0.15) is 5.75 Å². The maximum Gasteiger partial charge on any atom is 0.119 e. The molecule has 5 rings (SSSR count). The van der Waals surface area contributed by atoms with Gasteiger partial charge in [0.15, 0.2) is 0 Å². The van der Waals surface area contributed by atoms with Crippen molar-refractivity contribution in [2.24, 2.45) is 5.10 Å². The van der Waals surface area contributed by atoms with Crippen LogP contribution in [0.25, 0.3) is 27.5 Å². The first kappa shape index (κ1) is 18.0. The summed E-state index contributed by atoms with van der Waals surface area (Å²) in [6.07, 6.45) is 1.85. The number of para-hydroxylation sites is 2. The quantitative estimate of drug-likeness (QED) is 0.284. The Morgan fingerprint density at radius 1 is 0.767 bits per heavy atom. The number of hydrazone groups is 1. The fraction of sp³-hybridized carbons (Fsp3) is 0.0385. The fourth-order valence-electron chi connectivity index (χ4n) is 3.77. The number of hydrogen-bond acceptors (Lipinski definition) is 3. The summed E-state index contributed by atoms with van der Waals surface area (Å²) in [6, 6.07) is 33.0. The maximum absolute atomic E-state index is 5.32. The molecule has 0 aliphatic heterocycles. The Balaban J connectivity index is 1.58. The summed E-state index contributed by atoms with van der Waals surface area (Å²) in [5, 5.41) is 6.80. The van der Waals surface area contributed by atoms with E-state index in [0.29, 0.717) is 0 Å². The van der Waals surface area contributed by atoms with Gasteiger partial charge in [-0.15, -0.1) is 0 Å². The number of fused-ring (bicyclic) bond motifs is 3. The number of methoxy groups -OCH3 is 1. The molecular weight excluding hydrogens is 370 g/mol. The largest absolute Gasteiger partial charge is 0.497 e. The van der Waals surface area contributed by atoms with E-state index in [0.717, 1.165) is 28.2 Å². The average Bonchev–Trinajstić information content (AvgIpc) is 3.14. The summed E-state index contributed by atoms with van der Waals surface area (Å²) in [5.74, 6) is 0.851. The van der Waals surface area contributed by atoms with E-state index in [4.69, 9.17) is 4.74 Å². The molecule has 146 valence electrons. The number of aromatic nitrogens is 1. The highest BCUT2D eigenvalue weighted by molar-refractivity contribution is 6.10. The SMILES string of the molecule is COc1ccc(-n2c3ccccc3c3cc(/C=N/Nc4ccccc4)ccc32)cc1. The third kappa shape index (κ3) is 3.29. The molecule has 0 radical (unpaired) electrons. The lowest BCUT2D eigenvalue weighted by atomic mass is 10.1. The predicted molar refractivity (Wildman–Crippen MR) is 125 cm³/mol. The van der Waals surface area contributed by atoms with E-state index in [1.165, 1.54) is 16.3 Å². The first-order chi connectivity index (χ1) is 14.8. The number of ether oxygens (including phenoxy) is 1. The molecule has 0 aliphatic rings. The molecule has 30 heavy (non-hydrogen) atoms. The van der Waals surface area contributed by atoms with Gasteiger partial charge in [0.2, 0.25) is 0 Å². The van der Waals surface area contributed by atoms with E-state index in [9.17, 15) is 0 Å². The maximum atomic E-state index is 5.32. The summed E-state index contributed by atoms with van der Waals surface area (Å²) in [4.78, 5) is 0. The van der Waals surface area contributed by atoms with Crippen molar-refractivity contribution in [2.75, 3.05) is 12.5 Å². The minimum atomic E-state index is 0.851. The lowest BCUT2D eigenvalue weighted by Crippen LogP contribution is -1.94. The number of benzene rings is 4. The van der Waals surface area contributed by atoms with Crippen LogP contribution in [-0.4, -0.2) is 17.9 Å². The smallest absolute Gasteiger partial charge is 0.119 e. The highest BCUT2D eigenvalue weighted by Crippen LogP contribution is 2.32. The second-order valence-corrected chi connectivity index (χ2v) is 7.06. The molecule has 0 amide bonds. The summed E-state index contributed by atoms with van der Waals surface area (Å²) >= 11 is 0. The minimum Gasteiger partial charge on any atom is -0.497 e. The zero-order valence-corrected chi connectivity index (χ0v) is 16.6. The van der Waals surface area contributed by atoms with Gasteiger partial charge in [-0.1, -0.05) is 42.5 Å². The molecule has 4 aromatic carbocycles. The number of nitrogens with one attached hydrogen (secondary N) is 1. The van der Waals surface area contributed by atoms with Crippen LogP contribution in [0.3, 0.4) is 0 Å². The van der Waals surface area contributed by atoms with Crippen LogP contribution in [-0.2, 0) is 0 Å². The Kier molecular flexibility index (Phi) is 4.66. The standard InChI is InChI=1S/C26H21N3O/c1-30-22-14-12-21(13-15-22)29-25-10-6-5-9-23(25)24-17-19(11-16-26(24)29)18-27-28-20-7-3-2-4-8-20/h2-18,28H,1H3/b27-18+. The Hall–Kier alpha value is -4.05. The van der Waals surface area contributed by atoms with Gasteiger partial charge in [0.25, 0.3) is 0 Å². The summed E-state index contributed by atoms with van der Waals surface area (Å²) in [7, 11) is 1.69. The van der Waals surface area contributed by atoms with E-state index in [1.807, 2.05) is 48.7 Å². The molecule has 0 unspecified atom stereocenters. The van der Waals surface area contributed by atoms with Crippen molar-refractivity contribution in [1.82, 2.24) is 4.57 Å². The molecule has 0 bridgehead atoms. The molecule has 5 aromatic rings. The van der Waals surface area contributed by atoms with Crippen LogP contribution < -0.4 is 10.2 Å². The fourth-order valence-corrected chi connectivity index (χ4v) is 3.77. The van der Waals surface area contributed by atoms with Crippen molar-refractivity contribution >= 4 is 33.7 Å². The van der Waals surface area contributed by atoms with E-state index in [-0.39, 0.29) is 0 Å². The van der Waals surface area contributed by atoms with Gasteiger partial charge in [0, 0.05) is 16.5 Å². The van der Waals surface area contributed by atoms with Crippen molar-refractivity contribution in [3.05, 3.63) is 103 Å². The first-order valence-corrected chi connectivity index (χ1v) is 9.85. The number of hydrogen-bond donors (Lipinski definition) is 1. The molecule has 0 saturated heterocycles. The summed E-state index contributed by atoms with van der Waals surface area (Å²) in [6.45, 7) is 0. The number of nitrogens with zero attached hydrogens (tertiary/aromatic N) is 2. The second kappa shape index (κ2) is 7.76. The van der Waals surface area contributed by atoms with Crippen LogP contribution in [0.4, 0.5) is 5.69 Å². The highest BCUT2D eigenvalue weighted by Gasteiger charge is 2.12. The van der Waals surface area contributed by atoms with Crippen molar-refractivity contribution < 1.29 is 4.74 Å². The monoisotopic (exact) mass is 391 g/mol. The Morgan fingerprint density at radius 3 is 2.30 bits per heavy atom. The Bertz CT molecular complexity index is 1340. The van der Waals surface area contributed by atoms with Gasteiger partial charge in [-0.05, 0) is 60.2 Å². The molecular formula is C26H21N3O. The van der Waals surface area contributed by atoms with Crippen LogP contribution in [0.15, 0.2) is 102 Å². The molecule has 0 atom stereocenters. The van der Waals surface area contributed by atoms with Crippen LogP contribution >= 0.6 is 0 Å². The normalized spacial score (nSPS) is 11.4. The topological polar surface area (TPSA) is 38.5 Å². The van der Waals surface area contributed by atoms with Crippen molar-refractivity contribution in [1.29, 1.82) is 0 Å². The minimum absolute atomic E-state index is 0.851. The second-order valence-electron chi connectivity index (χ2n) is 7.06. The van der Waals surface area contributed by atoms with Gasteiger partial charge >= 0.3 is 0 Å². The van der Waals surface area contributed by atoms with Crippen LogP contribution in [0, 0.1) is 0 Å². The van der Waals surface area contributed by atoms with Crippen molar-refractivity contribution in [3.8, 4) is 11.4 Å². The zero-order chi connectivity index (χ0) is 20.3. The lowest BCUT2D eigenvalue weighted by Gasteiger charge is -2.09. The van der Waals surface area contributed by atoms with Crippen LogP contribution in [0.2, 0.25) is 0 Å². The van der Waals surface area contributed by atoms with Gasteiger partial charge in [-0.2, -0.15) is 5.10 Å². The van der Waals surface area contributed by atoms with E-state index < -0.39 is 0 Å². The zero-order valence-electron chi connectivity index (χ0n) is 16.6.